The quantitative estimate of drug-likeness (QED) is 0.133. The van der Waals surface area contributed by atoms with Gasteiger partial charge in [0, 0.05) is 0 Å². The molecule has 4 aromatic carbocycles. The topological polar surface area (TPSA) is 0 Å². The van der Waals surface area contributed by atoms with Crippen molar-refractivity contribution in [2.24, 2.45) is 5.92 Å². The fourth-order valence-corrected chi connectivity index (χ4v) is 40.4. The average Bonchev–Trinajstić information content (AvgIpc) is 3.69. The van der Waals surface area contributed by atoms with Crippen molar-refractivity contribution in [2.45, 2.75) is 99.9 Å². The molecule has 0 fully saturated rings. The molecule has 0 bridgehead atoms. The van der Waals surface area contributed by atoms with E-state index in [0.717, 1.165) is 19.3 Å². The Labute approximate surface area is 305 Å². The second-order valence-electron chi connectivity index (χ2n) is 15.8. The maximum absolute atomic E-state index is 8.77. The molecule has 0 aliphatic heterocycles. The molecule has 49 heavy (non-hydrogen) atoms. The summed E-state index contributed by atoms with van der Waals surface area (Å²) in [6, 6.07) is 32.3. The molecular formula is C45H55Cl2SiZr. The molecule has 0 radical (unpaired) electrons. The molecule has 6 rings (SSSR count). The van der Waals surface area contributed by atoms with Gasteiger partial charge in [-0.3, -0.25) is 0 Å². The van der Waals surface area contributed by atoms with Crippen molar-refractivity contribution in [1.29, 1.82) is 0 Å². The van der Waals surface area contributed by atoms with Gasteiger partial charge in [0.05, 0.1) is 0 Å². The first-order chi connectivity index (χ1) is 23.3. The summed E-state index contributed by atoms with van der Waals surface area (Å²) in [5, 5.41) is 0. The summed E-state index contributed by atoms with van der Waals surface area (Å²) >= 11 is -4.87. The van der Waals surface area contributed by atoms with Gasteiger partial charge in [0.15, 0.2) is 0 Å². The molecule has 3 unspecified atom stereocenters. The molecule has 2 aliphatic carbocycles. The van der Waals surface area contributed by atoms with E-state index in [1.54, 1.807) is 0 Å². The normalized spacial score (nSPS) is 18.7. The Bertz CT molecular complexity index is 1900. The van der Waals surface area contributed by atoms with Crippen LogP contribution >= 0.6 is 17.0 Å². The Morgan fingerprint density at radius 3 is 1.53 bits per heavy atom. The maximum atomic E-state index is 8.77. The molecule has 3 atom stereocenters. The van der Waals surface area contributed by atoms with E-state index < -0.39 is 21.5 Å². The molecule has 0 saturated heterocycles. The predicted octanol–water partition coefficient (Wildman–Crippen LogP) is 14.7. The summed E-state index contributed by atoms with van der Waals surface area (Å²) in [6.07, 6.45) is 8.27. The van der Waals surface area contributed by atoms with E-state index >= 15 is 0 Å². The van der Waals surface area contributed by atoms with Gasteiger partial charge in [-0.1, -0.05) is 0 Å². The second-order valence-corrected chi connectivity index (χ2v) is 58.3. The molecule has 2 aliphatic rings. The van der Waals surface area contributed by atoms with E-state index in [2.05, 4.69) is 159 Å². The molecule has 0 nitrogen and oxygen atoms in total. The third kappa shape index (κ3) is 6.30. The first-order valence-corrected chi connectivity index (χ1v) is 35.1. The van der Waals surface area contributed by atoms with Gasteiger partial charge in [0.1, 0.15) is 0 Å². The first kappa shape index (κ1) is 36.8. The molecule has 0 spiro atoms. The Balaban J connectivity index is 1.56. The van der Waals surface area contributed by atoms with E-state index in [1.165, 1.54) is 66.8 Å². The van der Waals surface area contributed by atoms with E-state index in [0.29, 0.717) is 17.8 Å². The minimum absolute atomic E-state index is 0.0998. The molecule has 4 heteroatoms. The van der Waals surface area contributed by atoms with Crippen LogP contribution in [0.2, 0.25) is 13.1 Å². The number of benzene rings is 4. The van der Waals surface area contributed by atoms with Gasteiger partial charge in [0.25, 0.3) is 0 Å². The van der Waals surface area contributed by atoms with Gasteiger partial charge in [-0.05, 0) is 0 Å². The van der Waals surface area contributed by atoms with E-state index in [1.807, 2.05) is 0 Å². The standard InChI is InChI=1S/C23H27.C20H21.C2H7Si.2ClH.Zr/c1-5-7-17(4)21-14-20-8-6-9-22(23(20)15-21)19-12-10-18(11-13-19)16(2)3;1-4-15-12-18-6-5-7-19(20(18)13-15)17-10-8-16(9-11-17)14(2)3;1-3-2;;;/h6,8-17H,5,7H2,1-4H3;5-14H,4H2,1-3H3;3H,1-2H3;2*1H;/q;;;;;+2/p-2. The summed E-state index contributed by atoms with van der Waals surface area (Å²) in [5.41, 5.74) is 16.2. The zero-order chi connectivity index (χ0) is 35.3. The fourth-order valence-electron chi connectivity index (χ4n) is 8.92. The van der Waals surface area contributed by atoms with Gasteiger partial charge < -0.3 is 0 Å². The van der Waals surface area contributed by atoms with Crippen LogP contribution in [0.25, 0.3) is 34.4 Å². The number of hydrogen-bond acceptors (Lipinski definition) is 0. The molecular weight excluding hydrogens is 731 g/mol. The van der Waals surface area contributed by atoms with Gasteiger partial charge in [-0.25, -0.2) is 0 Å². The zero-order valence-corrected chi connectivity index (χ0v) is 36.2. The molecule has 257 valence electrons. The van der Waals surface area contributed by atoms with Gasteiger partial charge in [0.2, 0.25) is 0 Å². The molecule has 0 heterocycles. The van der Waals surface area contributed by atoms with Crippen LogP contribution in [-0.4, -0.2) is 5.92 Å². The molecule has 0 amide bonds. The average molecular weight is 786 g/mol. The van der Waals surface area contributed by atoms with Gasteiger partial charge in [-0.2, -0.15) is 0 Å². The monoisotopic (exact) mass is 783 g/mol. The Kier molecular flexibility index (Phi) is 10.7. The molecule has 0 saturated carbocycles. The van der Waals surface area contributed by atoms with E-state index in [9.17, 15) is 0 Å². The Hall–Kier alpha value is -1.96. The SMILES string of the molecule is CCCC(C)C1=Cc2c(-c3ccc(C(C)C)cc3)cccc2[CH]1[Zr]([Cl])([Cl])([CH]1C(CC)=Cc2c(-c3ccc(C(C)C)cc3)cccc21)[SiH](C)C. The number of fused-ring (bicyclic) bond motifs is 2. The van der Waals surface area contributed by atoms with Crippen molar-refractivity contribution >= 4 is 35.1 Å². The number of allylic oxidation sites excluding steroid dienone is 2. The summed E-state index contributed by atoms with van der Waals surface area (Å²) in [7, 11) is 17.5. The minimum atomic E-state index is -4.87. The van der Waals surface area contributed by atoms with Crippen LogP contribution in [0.3, 0.4) is 0 Å². The summed E-state index contributed by atoms with van der Waals surface area (Å²) in [6.45, 7) is 21.0. The fraction of sp³-hybridized carbons (Fsp3) is 0.378. The second kappa shape index (κ2) is 14.2. The zero-order valence-electron chi connectivity index (χ0n) is 31.1. The van der Waals surface area contributed by atoms with Crippen LogP contribution < -0.4 is 0 Å². The van der Waals surface area contributed by atoms with E-state index in [4.69, 9.17) is 17.0 Å². The third-order valence-corrected chi connectivity index (χ3v) is 63.7. The first-order valence-electron chi connectivity index (χ1n) is 18.8. The van der Waals surface area contributed by atoms with Crippen molar-refractivity contribution in [1.82, 2.24) is 0 Å². The predicted molar refractivity (Wildman–Crippen MR) is 218 cm³/mol. The van der Waals surface area contributed by atoms with Gasteiger partial charge >= 0.3 is 308 Å². The Morgan fingerprint density at radius 1 is 0.633 bits per heavy atom. The van der Waals surface area contributed by atoms with Gasteiger partial charge in [-0.15, -0.1) is 0 Å². The molecule has 0 N–H and O–H groups in total. The van der Waals surface area contributed by atoms with E-state index in [-0.39, 0.29) is 7.25 Å². The van der Waals surface area contributed by atoms with Crippen LogP contribution in [0.4, 0.5) is 0 Å². The molecule has 0 aromatic heterocycles. The third-order valence-electron chi connectivity index (χ3n) is 11.9. The van der Waals surface area contributed by atoms with Crippen molar-refractivity contribution in [3.8, 4) is 22.3 Å². The van der Waals surface area contributed by atoms with Crippen molar-refractivity contribution in [3.05, 3.63) is 129 Å². The number of hydrogen-bond donors (Lipinski definition) is 0. The number of halogens is 2. The van der Waals surface area contributed by atoms with Crippen LogP contribution in [0.5, 0.6) is 0 Å². The summed E-state index contributed by atoms with van der Waals surface area (Å²) in [5.74, 6) is -0.215. The summed E-state index contributed by atoms with van der Waals surface area (Å²) in [4.78, 5) is 0. The van der Waals surface area contributed by atoms with Crippen LogP contribution in [0.1, 0.15) is 120 Å². The number of rotatable bonds is 11. The molecule has 4 aromatic rings. The Morgan fingerprint density at radius 2 is 1.10 bits per heavy atom. The van der Waals surface area contributed by atoms with Crippen LogP contribution in [0.15, 0.2) is 96.1 Å². The van der Waals surface area contributed by atoms with Crippen molar-refractivity contribution in [2.75, 3.05) is 0 Å². The van der Waals surface area contributed by atoms with Crippen molar-refractivity contribution in [3.63, 3.8) is 0 Å². The van der Waals surface area contributed by atoms with Crippen LogP contribution in [0, 0.1) is 5.92 Å². The van der Waals surface area contributed by atoms with Crippen LogP contribution in [-0.2, 0) is 15.6 Å². The summed E-state index contributed by atoms with van der Waals surface area (Å²) < 4.78 is 0.205. The van der Waals surface area contributed by atoms with Crippen molar-refractivity contribution < 1.29 is 15.6 Å².